The summed E-state index contributed by atoms with van der Waals surface area (Å²) in [6.07, 6.45) is 1.13. The zero-order valence-corrected chi connectivity index (χ0v) is 9.42. The maximum absolute atomic E-state index is 11.9. The Labute approximate surface area is 81.3 Å². The van der Waals surface area contributed by atoms with Gasteiger partial charge in [0.1, 0.15) is 0 Å². The molecule has 1 atom stereocenters. The topological polar surface area (TPSA) is 20.3 Å². The zero-order valence-electron chi connectivity index (χ0n) is 9.42. The maximum atomic E-state index is 11.9. The summed E-state index contributed by atoms with van der Waals surface area (Å²) in [5.41, 5.74) is 0.163. The molecule has 2 nitrogen and oxygen atoms in total. The van der Waals surface area contributed by atoms with E-state index in [-0.39, 0.29) is 17.4 Å². The quantitative estimate of drug-likeness (QED) is 0.652. The van der Waals surface area contributed by atoms with E-state index in [4.69, 9.17) is 0 Å². The third-order valence-corrected chi connectivity index (χ3v) is 3.13. The van der Waals surface area contributed by atoms with Crippen molar-refractivity contribution in [2.24, 2.45) is 11.3 Å². The second-order valence-electron chi connectivity index (χ2n) is 5.18. The van der Waals surface area contributed by atoms with Gasteiger partial charge in [0.15, 0.2) is 5.78 Å². The monoisotopic (exact) mass is 183 g/mol. The molecule has 2 heteroatoms. The Morgan fingerprint density at radius 1 is 1.46 bits per heavy atom. The Bertz CT molecular complexity index is 208. The van der Waals surface area contributed by atoms with E-state index >= 15 is 0 Å². The minimum absolute atomic E-state index is 0.132. The fourth-order valence-electron chi connectivity index (χ4n) is 2.24. The van der Waals surface area contributed by atoms with Gasteiger partial charge < -0.3 is 0 Å². The third-order valence-electron chi connectivity index (χ3n) is 3.13. The largest absolute Gasteiger partial charge is 0.298 e. The molecule has 0 unspecified atom stereocenters. The van der Waals surface area contributed by atoms with Gasteiger partial charge >= 0.3 is 0 Å². The van der Waals surface area contributed by atoms with Gasteiger partial charge in [0.2, 0.25) is 0 Å². The lowest BCUT2D eigenvalue weighted by Crippen LogP contribution is -2.43. The SMILES string of the molecule is CC(C)C(=O)[C@@H]1N(C)CCC1(C)C. The van der Waals surface area contributed by atoms with Crippen molar-refractivity contribution >= 4 is 5.78 Å². The first kappa shape index (κ1) is 10.7. The predicted molar refractivity (Wildman–Crippen MR) is 54.7 cm³/mol. The molecule has 0 aromatic rings. The van der Waals surface area contributed by atoms with Crippen LogP contribution in [-0.4, -0.2) is 30.3 Å². The van der Waals surface area contributed by atoms with Gasteiger partial charge in [-0.2, -0.15) is 0 Å². The number of Topliss-reactive ketones (excluding diaryl/α,β-unsaturated/α-hetero) is 1. The normalized spacial score (nSPS) is 28.3. The first-order valence-corrected chi connectivity index (χ1v) is 5.10. The van der Waals surface area contributed by atoms with E-state index in [0.29, 0.717) is 5.78 Å². The van der Waals surface area contributed by atoms with Crippen molar-refractivity contribution in [3.63, 3.8) is 0 Å². The number of carbonyl (C=O) groups excluding carboxylic acids is 1. The van der Waals surface area contributed by atoms with Crippen molar-refractivity contribution in [3.05, 3.63) is 0 Å². The summed E-state index contributed by atoms with van der Waals surface area (Å²) in [7, 11) is 2.06. The van der Waals surface area contributed by atoms with E-state index in [1.807, 2.05) is 13.8 Å². The van der Waals surface area contributed by atoms with Crippen molar-refractivity contribution in [3.8, 4) is 0 Å². The van der Waals surface area contributed by atoms with Crippen LogP contribution in [0.5, 0.6) is 0 Å². The Morgan fingerprint density at radius 3 is 2.31 bits per heavy atom. The lowest BCUT2D eigenvalue weighted by molar-refractivity contribution is -0.128. The van der Waals surface area contributed by atoms with Gasteiger partial charge in [-0.25, -0.2) is 0 Å². The maximum Gasteiger partial charge on any atom is 0.153 e. The van der Waals surface area contributed by atoms with E-state index in [1.165, 1.54) is 0 Å². The molecule has 1 rings (SSSR count). The molecule has 0 spiro atoms. The molecule has 1 aliphatic rings. The molecule has 1 heterocycles. The highest BCUT2D eigenvalue weighted by Gasteiger charge is 2.43. The average Bonchev–Trinajstić information content (AvgIpc) is 2.25. The number of nitrogens with zero attached hydrogens (tertiary/aromatic N) is 1. The molecule has 0 aromatic carbocycles. The van der Waals surface area contributed by atoms with Crippen LogP contribution < -0.4 is 0 Å². The standard InChI is InChI=1S/C11H21NO/c1-8(2)9(13)10-11(3,4)6-7-12(10)5/h8,10H,6-7H2,1-5H3/t10-/m0/s1. The van der Waals surface area contributed by atoms with Crippen LogP contribution in [0.3, 0.4) is 0 Å². The second kappa shape index (κ2) is 3.41. The number of hydrogen-bond acceptors (Lipinski definition) is 2. The third kappa shape index (κ3) is 1.93. The first-order valence-electron chi connectivity index (χ1n) is 5.10. The van der Waals surface area contributed by atoms with Gasteiger partial charge in [-0.1, -0.05) is 27.7 Å². The molecule has 0 saturated carbocycles. The van der Waals surface area contributed by atoms with Crippen LogP contribution in [0.1, 0.15) is 34.1 Å². The molecule has 0 radical (unpaired) electrons. The molecule has 0 aromatic heterocycles. The Hall–Kier alpha value is -0.370. The highest BCUT2D eigenvalue weighted by Crippen LogP contribution is 2.36. The summed E-state index contributed by atoms with van der Waals surface area (Å²) >= 11 is 0. The molecule has 76 valence electrons. The number of hydrogen-bond donors (Lipinski definition) is 0. The Balaban J connectivity index is 2.82. The number of ketones is 1. The highest BCUT2D eigenvalue weighted by molar-refractivity contribution is 5.86. The lowest BCUT2D eigenvalue weighted by Gasteiger charge is -2.30. The zero-order chi connectivity index (χ0) is 10.2. The van der Waals surface area contributed by atoms with Crippen molar-refractivity contribution in [2.75, 3.05) is 13.6 Å². The van der Waals surface area contributed by atoms with Gasteiger partial charge in [-0.15, -0.1) is 0 Å². The van der Waals surface area contributed by atoms with E-state index in [1.54, 1.807) is 0 Å². The summed E-state index contributed by atoms with van der Waals surface area (Å²) in [4.78, 5) is 14.1. The van der Waals surface area contributed by atoms with Crippen LogP contribution in [0.25, 0.3) is 0 Å². The van der Waals surface area contributed by atoms with Crippen molar-refractivity contribution in [2.45, 2.75) is 40.2 Å². The molecule has 0 amide bonds. The molecular weight excluding hydrogens is 162 g/mol. The summed E-state index contributed by atoms with van der Waals surface area (Å²) in [5.74, 6) is 0.551. The number of likely N-dealkylation sites (N-methyl/N-ethyl adjacent to an activating group) is 1. The van der Waals surface area contributed by atoms with E-state index in [0.717, 1.165) is 13.0 Å². The lowest BCUT2D eigenvalue weighted by atomic mass is 9.80. The Morgan fingerprint density at radius 2 is 2.00 bits per heavy atom. The fraction of sp³-hybridized carbons (Fsp3) is 0.909. The minimum Gasteiger partial charge on any atom is -0.298 e. The molecule has 0 bridgehead atoms. The van der Waals surface area contributed by atoms with E-state index in [2.05, 4.69) is 25.8 Å². The smallest absolute Gasteiger partial charge is 0.153 e. The van der Waals surface area contributed by atoms with Crippen LogP contribution in [0.15, 0.2) is 0 Å². The number of likely N-dealkylation sites (tertiary alicyclic amines) is 1. The molecule has 0 N–H and O–H groups in total. The molecule has 1 fully saturated rings. The van der Waals surface area contributed by atoms with E-state index < -0.39 is 0 Å². The van der Waals surface area contributed by atoms with E-state index in [9.17, 15) is 4.79 Å². The molecule has 13 heavy (non-hydrogen) atoms. The number of rotatable bonds is 2. The second-order valence-corrected chi connectivity index (χ2v) is 5.18. The van der Waals surface area contributed by atoms with Gasteiger partial charge in [0, 0.05) is 5.92 Å². The summed E-state index contributed by atoms with van der Waals surface area (Å²) in [5, 5.41) is 0. The van der Waals surface area contributed by atoms with Crippen LogP contribution in [0.4, 0.5) is 0 Å². The first-order chi connectivity index (χ1) is 5.86. The van der Waals surface area contributed by atoms with Gasteiger partial charge in [-0.05, 0) is 25.4 Å². The minimum atomic E-state index is 0.132. The summed E-state index contributed by atoms with van der Waals surface area (Å²) in [6.45, 7) is 9.42. The van der Waals surface area contributed by atoms with Gasteiger partial charge in [0.05, 0.1) is 6.04 Å². The molecular formula is C11H21NO. The van der Waals surface area contributed by atoms with Crippen LogP contribution >= 0.6 is 0 Å². The average molecular weight is 183 g/mol. The fourth-order valence-corrected chi connectivity index (χ4v) is 2.24. The highest BCUT2D eigenvalue weighted by atomic mass is 16.1. The van der Waals surface area contributed by atoms with Crippen molar-refractivity contribution in [1.82, 2.24) is 4.90 Å². The Kier molecular flexibility index (Phi) is 2.81. The van der Waals surface area contributed by atoms with Gasteiger partial charge in [0.25, 0.3) is 0 Å². The summed E-state index contributed by atoms with van der Waals surface area (Å²) < 4.78 is 0. The van der Waals surface area contributed by atoms with Crippen LogP contribution in [0.2, 0.25) is 0 Å². The van der Waals surface area contributed by atoms with Crippen molar-refractivity contribution < 1.29 is 4.79 Å². The van der Waals surface area contributed by atoms with Crippen molar-refractivity contribution in [1.29, 1.82) is 0 Å². The predicted octanol–water partition coefficient (Wildman–Crippen LogP) is 1.94. The molecule has 1 aliphatic heterocycles. The van der Waals surface area contributed by atoms with Crippen LogP contribution in [-0.2, 0) is 4.79 Å². The van der Waals surface area contributed by atoms with Crippen LogP contribution in [0, 0.1) is 11.3 Å². The molecule has 1 saturated heterocycles. The summed E-state index contributed by atoms with van der Waals surface area (Å²) in [6, 6.07) is 0.132. The van der Waals surface area contributed by atoms with Gasteiger partial charge in [-0.3, -0.25) is 9.69 Å². The molecule has 0 aliphatic carbocycles. The number of carbonyl (C=O) groups is 1.